The molecule has 0 N–H and O–H groups in total. The first-order valence-corrected chi connectivity index (χ1v) is 12.9. The maximum Gasteiger partial charge on any atom is 0.233 e. The number of fused-ring (bicyclic) bond motifs is 1. The Kier molecular flexibility index (Phi) is 7.03. The zero-order valence-electron chi connectivity index (χ0n) is 20.0. The van der Waals surface area contributed by atoms with Crippen LogP contribution in [0, 0.1) is 0 Å². The Morgan fingerprint density at radius 2 is 1.94 bits per heavy atom. The van der Waals surface area contributed by atoms with E-state index >= 15 is 0 Å². The van der Waals surface area contributed by atoms with Crippen molar-refractivity contribution in [2.75, 3.05) is 5.75 Å². The van der Waals surface area contributed by atoms with Crippen LogP contribution < -0.4 is 4.74 Å². The molecule has 0 unspecified atom stereocenters. The fraction of sp³-hybridized carbons (Fsp3) is 0.385. The Balaban J connectivity index is 1.33. The van der Waals surface area contributed by atoms with E-state index in [-0.39, 0.29) is 24.6 Å². The Morgan fingerprint density at radius 3 is 2.74 bits per heavy atom. The highest BCUT2D eigenvalue weighted by molar-refractivity contribution is 7.99. The second-order valence-electron chi connectivity index (χ2n) is 8.90. The summed E-state index contributed by atoms with van der Waals surface area (Å²) in [6.07, 6.45) is 6.68. The zero-order valence-corrected chi connectivity index (χ0v) is 20.8. The smallest absolute Gasteiger partial charge is 0.233 e. The normalized spacial score (nSPS) is 18.2. The zero-order chi connectivity index (χ0) is 24.2. The van der Waals surface area contributed by atoms with Crippen LogP contribution in [0.2, 0.25) is 0 Å². The van der Waals surface area contributed by atoms with Crippen LogP contribution in [0.5, 0.6) is 5.75 Å². The number of rotatable bonds is 8. The Labute approximate surface area is 208 Å². The van der Waals surface area contributed by atoms with Gasteiger partial charge in [-0.15, -0.1) is 10.2 Å². The summed E-state index contributed by atoms with van der Waals surface area (Å²) < 4.78 is 13.7. The first kappa shape index (κ1) is 23.4. The van der Waals surface area contributed by atoms with E-state index in [1.165, 1.54) is 18.2 Å². The quantitative estimate of drug-likeness (QED) is 0.323. The molecule has 1 aliphatic heterocycles. The van der Waals surface area contributed by atoms with Gasteiger partial charge in [0.2, 0.25) is 5.91 Å². The van der Waals surface area contributed by atoms with Crippen molar-refractivity contribution in [2.45, 2.75) is 63.5 Å². The molecule has 1 aromatic carbocycles. The molecule has 1 amide bonds. The number of benzene rings is 1. The van der Waals surface area contributed by atoms with Crippen molar-refractivity contribution >= 4 is 28.6 Å². The molecule has 1 fully saturated rings. The molecule has 0 radical (unpaired) electrons. The number of carbonyl (C=O) groups excluding carboxylic acids is 1. The van der Waals surface area contributed by atoms with Gasteiger partial charge in [0.25, 0.3) is 0 Å². The molecule has 0 spiro atoms. The maximum absolute atomic E-state index is 13.1. The molecular weight excluding hydrogens is 462 g/mol. The number of likely N-dealkylation sites (tertiary alicyclic amines) is 1. The van der Waals surface area contributed by atoms with E-state index in [0.717, 1.165) is 29.5 Å². The lowest BCUT2D eigenvalue weighted by molar-refractivity contribution is -0.134. The van der Waals surface area contributed by atoms with Crippen molar-refractivity contribution in [2.24, 2.45) is 0 Å². The lowest BCUT2D eigenvalue weighted by Crippen LogP contribution is -2.48. The van der Waals surface area contributed by atoms with Crippen LogP contribution in [0.1, 0.15) is 44.7 Å². The van der Waals surface area contributed by atoms with Gasteiger partial charge in [-0.3, -0.25) is 14.3 Å². The molecule has 8 nitrogen and oxygen atoms in total. The molecule has 0 aliphatic carbocycles. The Morgan fingerprint density at radius 1 is 1.11 bits per heavy atom. The minimum Gasteiger partial charge on any atom is -0.483 e. The van der Waals surface area contributed by atoms with Crippen molar-refractivity contribution in [3.05, 3.63) is 66.5 Å². The number of furan rings is 1. The number of aromatic nitrogens is 4. The number of hydrogen-bond acceptors (Lipinski definition) is 7. The van der Waals surface area contributed by atoms with E-state index in [1.807, 2.05) is 51.9 Å². The van der Waals surface area contributed by atoms with Gasteiger partial charge >= 0.3 is 0 Å². The van der Waals surface area contributed by atoms with Crippen molar-refractivity contribution in [3.63, 3.8) is 0 Å². The van der Waals surface area contributed by atoms with Crippen LogP contribution in [0.25, 0.3) is 10.9 Å². The second-order valence-corrected chi connectivity index (χ2v) is 9.85. The molecule has 0 saturated carbocycles. The molecular formula is C26H29N5O3S. The SMILES string of the molecule is C[C@@H]1CCC[C@@H](C)N1C(=O)CSc1nnc(COc2cccc3cccnc23)n1Cc1ccco1. The average Bonchev–Trinajstić information content (AvgIpc) is 3.51. The van der Waals surface area contributed by atoms with Crippen LogP contribution in [-0.2, 0) is 17.9 Å². The predicted octanol–water partition coefficient (Wildman–Crippen LogP) is 4.93. The molecule has 4 aromatic rings. The number of carbonyl (C=O) groups is 1. The van der Waals surface area contributed by atoms with E-state index in [9.17, 15) is 4.79 Å². The molecule has 9 heteroatoms. The third-order valence-corrected chi connectivity index (χ3v) is 7.40. The van der Waals surface area contributed by atoms with Crippen LogP contribution in [0.3, 0.4) is 0 Å². The van der Waals surface area contributed by atoms with Gasteiger partial charge in [0.15, 0.2) is 11.0 Å². The van der Waals surface area contributed by atoms with Crippen LogP contribution >= 0.6 is 11.8 Å². The van der Waals surface area contributed by atoms with E-state index in [0.29, 0.717) is 29.0 Å². The maximum atomic E-state index is 13.1. The number of pyridine rings is 1. The summed E-state index contributed by atoms with van der Waals surface area (Å²) in [4.78, 5) is 19.5. The third-order valence-electron chi connectivity index (χ3n) is 6.45. The highest BCUT2D eigenvalue weighted by Crippen LogP contribution is 2.27. The third kappa shape index (κ3) is 5.19. The highest BCUT2D eigenvalue weighted by atomic mass is 32.2. The van der Waals surface area contributed by atoms with Gasteiger partial charge in [-0.2, -0.15) is 0 Å². The summed E-state index contributed by atoms with van der Waals surface area (Å²) in [6.45, 7) is 4.95. The minimum absolute atomic E-state index is 0.141. The lowest BCUT2D eigenvalue weighted by Gasteiger charge is -2.39. The van der Waals surface area contributed by atoms with Crippen molar-refractivity contribution in [3.8, 4) is 5.75 Å². The van der Waals surface area contributed by atoms with Crippen molar-refractivity contribution < 1.29 is 13.9 Å². The van der Waals surface area contributed by atoms with E-state index < -0.39 is 0 Å². The topological polar surface area (TPSA) is 86.3 Å². The highest BCUT2D eigenvalue weighted by Gasteiger charge is 2.29. The largest absolute Gasteiger partial charge is 0.483 e. The molecule has 1 saturated heterocycles. The van der Waals surface area contributed by atoms with E-state index in [2.05, 4.69) is 29.0 Å². The van der Waals surface area contributed by atoms with E-state index in [4.69, 9.17) is 9.15 Å². The number of thioether (sulfide) groups is 1. The van der Waals surface area contributed by atoms with Gasteiger partial charge in [-0.1, -0.05) is 30.0 Å². The monoisotopic (exact) mass is 491 g/mol. The Bertz CT molecular complexity index is 1270. The van der Waals surface area contributed by atoms with Gasteiger partial charge in [-0.05, 0) is 57.4 Å². The standard InChI is InChI=1S/C26H29N5O3S/c1-18-7-3-8-19(2)31(18)24(32)17-35-26-29-28-23(30(26)15-21-11-6-14-33-21)16-34-22-12-4-9-20-10-5-13-27-25(20)22/h4-6,9-14,18-19H,3,7-8,15-17H2,1-2H3/t18-,19-/m1/s1. The van der Waals surface area contributed by atoms with Gasteiger partial charge in [-0.25, -0.2) is 0 Å². The molecule has 182 valence electrons. The number of ether oxygens (including phenoxy) is 1. The number of hydrogen-bond donors (Lipinski definition) is 0. The molecule has 2 atom stereocenters. The first-order valence-electron chi connectivity index (χ1n) is 11.9. The van der Waals surface area contributed by atoms with Crippen LogP contribution in [-0.4, -0.2) is 48.4 Å². The summed E-state index contributed by atoms with van der Waals surface area (Å²) in [5.74, 6) is 2.59. The van der Waals surface area contributed by atoms with Crippen LogP contribution in [0.4, 0.5) is 0 Å². The van der Waals surface area contributed by atoms with E-state index in [1.54, 1.807) is 12.5 Å². The molecule has 1 aliphatic rings. The minimum atomic E-state index is 0.141. The fourth-order valence-corrected chi connectivity index (χ4v) is 5.52. The molecule has 0 bridgehead atoms. The summed E-state index contributed by atoms with van der Waals surface area (Å²) >= 11 is 1.41. The van der Waals surface area contributed by atoms with Gasteiger partial charge < -0.3 is 14.1 Å². The molecule has 4 heterocycles. The number of nitrogens with zero attached hydrogens (tertiary/aromatic N) is 5. The lowest BCUT2D eigenvalue weighted by atomic mass is 9.98. The van der Waals surface area contributed by atoms with Gasteiger partial charge in [0.05, 0.1) is 18.6 Å². The molecule has 5 rings (SSSR count). The van der Waals surface area contributed by atoms with Gasteiger partial charge in [0, 0.05) is 23.7 Å². The second kappa shape index (κ2) is 10.5. The number of piperidine rings is 1. The molecule has 35 heavy (non-hydrogen) atoms. The predicted molar refractivity (Wildman–Crippen MR) is 134 cm³/mol. The first-order chi connectivity index (χ1) is 17.1. The summed E-state index contributed by atoms with van der Waals surface area (Å²) in [6, 6.07) is 14.1. The number of para-hydroxylation sites is 1. The fourth-order valence-electron chi connectivity index (χ4n) is 4.70. The summed E-state index contributed by atoms with van der Waals surface area (Å²) in [5.41, 5.74) is 0.803. The van der Waals surface area contributed by atoms with Crippen molar-refractivity contribution in [1.29, 1.82) is 0 Å². The number of amides is 1. The van der Waals surface area contributed by atoms with Crippen LogP contribution in [0.15, 0.2) is 64.5 Å². The summed E-state index contributed by atoms with van der Waals surface area (Å²) in [5, 5.41) is 10.5. The summed E-state index contributed by atoms with van der Waals surface area (Å²) in [7, 11) is 0. The van der Waals surface area contributed by atoms with Gasteiger partial charge in [0.1, 0.15) is 23.6 Å². The van der Waals surface area contributed by atoms with Crippen molar-refractivity contribution in [1.82, 2.24) is 24.6 Å². The average molecular weight is 492 g/mol. The Hall–Kier alpha value is -3.33. The molecule has 3 aromatic heterocycles.